The predicted molar refractivity (Wildman–Crippen MR) is 98.6 cm³/mol. The van der Waals surface area contributed by atoms with Gasteiger partial charge in [-0.25, -0.2) is 4.79 Å². The Kier molecular flexibility index (Phi) is 4.72. The second-order valence-electron chi connectivity index (χ2n) is 5.97. The molecule has 0 saturated carbocycles. The van der Waals surface area contributed by atoms with Gasteiger partial charge in [0.2, 0.25) is 12.6 Å². The molecular formula is C21H16O7. The van der Waals surface area contributed by atoms with E-state index in [0.717, 1.165) is 5.56 Å². The van der Waals surface area contributed by atoms with E-state index >= 15 is 0 Å². The number of benzene rings is 2. The third-order valence-electron chi connectivity index (χ3n) is 4.05. The molecule has 0 amide bonds. The van der Waals surface area contributed by atoms with Gasteiger partial charge in [0.15, 0.2) is 23.9 Å². The SMILES string of the molecule is C=CCOC(=O)COc1ccc2c(c1)O/C(=C\c1ccc3c(c1)OCO3)C2=O. The number of carbonyl (C=O) groups is 2. The zero-order valence-electron chi connectivity index (χ0n) is 14.8. The van der Waals surface area contributed by atoms with Crippen molar-refractivity contribution in [1.29, 1.82) is 0 Å². The average molecular weight is 380 g/mol. The van der Waals surface area contributed by atoms with Crippen LogP contribution >= 0.6 is 0 Å². The van der Waals surface area contributed by atoms with Gasteiger partial charge in [-0.3, -0.25) is 4.79 Å². The van der Waals surface area contributed by atoms with E-state index in [1.54, 1.807) is 36.4 Å². The Balaban J connectivity index is 1.47. The predicted octanol–water partition coefficient (Wildman–Crippen LogP) is 3.14. The summed E-state index contributed by atoms with van der Waals surface area (Å²) >= 11 is 0. The first-order valence-corrected chi connectivity index (χ1v) is 8.51. The Morgan fingerprint density at radius 3 is 2.82 bits per heavy atom. The molecule has 0 radical (unpaired) electrons. The highest BCUT2D eigenvalue weighted by molar-refractivity contribution is 6.14. The fourth-order valence-corrected chi connectivity index (χ4v) is 2.75. The number of rotatable bonds is 6. The van der Waals surface area contributed by atoms with E-state index < -0.39 is 5.97 Å². The van der Waals surface area contributed by atoms with Crippen molar-refractivity contribution in [2.75, 3.05) is 20.0 Å². The number of esters is 1. The molecule has 0 spiro atoms. The summed E-state index contributed by atoms with van der Waals surface area (Å²) in [5.41, 5.74) is 1.18. The lowest BCUT2D eigenvalue weighted by molar-refractivity contribution is -0.144. The molecule has 0 atom stereocenters. The molecule has 0 aromatic heterocycles. The van der Waals surface area contributed by atoms with E-state index in [4.69, 9.17) is 23.7 Å². The molecule has 0 unspecified atom stereocenters. The van der Waals surface area contributed by atoms with Crippen molar-refractivity contribution < 1.29 is 33.3 Å². The van der Waals surface area contributed by atoms with Crippen molar-refractivity contribution in [3.63, 3.8) is 0 Å². The van der Waals surface area contributed by atoms with Crippen molar-refractivity contribution >= 4 is 17.8 Å². The fraction of sp³-hybridized carbons (Fsp3) is 0.143. The maximum Gasteiger partial charge on any atom is 0.344 e. The van der Waals surface area contributed by atoms with Crippen LogP contribution in [0.15, 0.2) is 54.8 Å². The van der Waals surface area contributed by atoms with Crippen LogP contribution in [0.25, 0.3) is 6.08 Å². The van der Waals surface area contributed by atoms with Gasteiger partial charge in [-0.15, -0.1) is 0 Å². The number of fused-ring (bicyclic) bond motifs is 2. The molecule has 2 aliphatic heterocycles. The maximum atomic E-state index is 12.6. The summed E-state index contributed by atoms with van der Waals surface area (Å²) in [6.07, 6.45) is 3.11. The van der Waals surface area contributed by atoms with Gasteiger partial charge in [0.05, 0.1) is 5.56 Å². The highest BCUT2D eigenvalue weighted by atomic mass is 16.7. The van der Waals surface area contributed by atoms with Gasteiger partial charge in [0.25, 0.3) is 0 Å². The Hall–Kier alpha value is -3.74. The molecule has 142 valence electrons. The molecule has 2 heterocycles. The zero-order valence-corrected chi connectivity index (χ0v) is 14.8. The molecule has 0 N–H and O–H groups in total. The van der Waals surface area contributed by atoms with Crippen molar-refractivity contribution in [3.05, 3.63) is 65.9 Å². The van der Waals surface area contributed by atoms with E-state index in [0.29, 0.717) is 28.6 Å². The molecule has 2 aliphatic rings. The lowest BCUT2D eigenvalue weighted by Gasteiger charge is -2.06. The van der Waals surface area contributed by atoms with Gasteiger partial charge in [0.1, 0.15) is 18.1 Å². The highest BCUT2D eigenvalue weighted by Crippen LogP contribution is 2.37. The van der Waals surface area contributed by atoms with Crippen molar-refractivity contribution in [1.82, 2.24) is 0 Å². The van der Waals surface area contributed by atoms with Crippen LogP contribution in [0.1, 0.15) is 15.9 Å². The zero-order chi connectivity index (χ0) is 19.5. The van der Waals surface area contributed by atoms with Crippen LogP contribution in [-0.4, -0.2) is 31.8 Å². The number of carbonyl (C=O) groups excluding carboxylic acids is 2. The monoisotopic (exact) mass is 380 g/mol. The van der Waals surface area contributed by atoms with Crippen LogP contribution in [0.3, 0.4) is 0 Å². The summed E-state index contributed by atoms with van der Waals surface area (Å²) in [6, 6.07) is 10.1. The molecule has 28 heavy (non-hydrogen) atoms. The number of allylic oxidation sites excluding steroid dienone is 1. The van der Waals surface area contributed by atoms with Crippen LogP contribution in [0.2, 0.25) is 0 Å². The van der Waals surface area contributed by atoms with E-state index in [1.165, 1.54) is 6.08 Å². The van der Waals surface area contributed by atoms with Gasteiger partial charge < -0.3 is 23.7 Å². The van der Waals surface area contributed by atoms with Gasteiger partial charge >= 0.3 is 5.97 Å². The molecule has 0 fully saturated rings. The lowest BCUT2D eigenvalue weighted by Crippen LogP contribution is -2.14. The lowest BCUT2D eigenvalue weighted by atomic mass is 10.1. The van der Waals surface area contributed by atoms with E-state index in [9.17, 15) is 9.59 Å². The standard InChI is InChI=1S/C21H16O7/c1-2-7-24-20(22)11-25-14-4-5-15-17(10-14)28-19(21(15)23)9-13-3-6-16-18(8-13)27-12-26-16/h2-6,8-10H,1,7,11-12H2/b19-9-. The first-order chi connectivity index (χ1) is 13.6. The Labute approximate surface area is 160 Å². The maximum absolute atomic E-state index is 12.6. The molecule has 2 aromatic rings. The third-order valence-corrected chi connectivity index (χ3v) is 4.05. The number of ketones is 1. The highest BCUT2D eigenvalue weighted by Gasteiger charge is 2.28. The van der Waals surface area contributed by atoms with Crippen LogP contribution in [0.4, 0.5) is 0 Å². The minimum atomic E-state index is -0.513. The number of hydrogen-bond donors (Lipinski definition) is 0. The summed E-state index contributed by atoms with van der Waals surface area (Å²) < 4.78 is 26.5. The van der Waals surface area contributed by atoms with Crippen molar-refractivity contribution in [2.24, 2.45) is 0 Å². The Morgan fingerprint density at radius 2 is 1.96 bits per heavy atom. The quantitative estimate of drug-likeness (QED) is 0.433. The second kappa shape index (κ2) is 7.48. The van der Waals surface area contributed by atoms with Gasteiger partial charge in [-0.1, -0.05) is 18.7 Å². The molecule has 7 heteroatoms. The Morgan fingerprint density at radius 1 is 1.11 bits per heavy atom. The van der Waals surface area contributed by atoms with Gasteiger partial charge in [-0.05, 0) is 35.9 Å². The van der Waals surface area contributed by atoms with Gasteiger partial charge in [-0.2, -0.15) is 0 Å². The average Bonchev–Trinajstić information content (AvgIpc) is 3.29. The number of hydrogen-bond acceptors (Lipinski definition) is 7. The summed E-state index contributed by atoms with van der Waals surface area (Å²) in [5.74, 6) is 1.50. The summed E-state index contributed by atoms with van der Waals surface area (Å²) in [5, 5.41) is 0. The fourth-order valence-electron chi connectivity index (χ4n) is 2.75. The number of ether oxygens (including phenoxy) is 5. The van der Waals surface area contributed by atoms with Crippen molar-refractivity contribution in [3.8, 4) is 23.0 Å². The molecule has 0 saturated heterocycles. The first-order valence-electron chi connectivity index (χ1n) is 8.51. The molecule has 2 aromatic carbocycles. The largest absolute Gasteiger partial charge is 0.482 e. The van der Waals surface area contributed by atoms with E-state index in [2.05, 4.69) is 6.58 Å². The van der Waals surface area contributed by atoms with Crippen LogP contribution in [-0.2, 0) is 9.53 Å². The Bertz CT molecular complexity index is 990. The first kappa shape index (κ1) is 17.7. The molecule has 0 aliphatic carbocycles. The molecule has 0 bridgehead atoms. The van der Waals surface area contributed by atoms with E-state index in [1.807, 2.05) is 6.07 Å². The van der Waals surface area contributed by atoms with E-state index in [-0.39, 0.29) is 31.5 Å². The van der Waals surface area contributed by atoms with Crippen LogP contribution < -0.4 is 18.9 Å². The minimum absolute atomic E-state index is 0.123. The van der Waals surface area contributed by atoms with Crippen molar-refractivity contribution in [2.45, 2.75) is 0 Å². The van der Waals surface area contributed by atoms with Crippen LogP contribution in [0, 0.1) is 0 Å². The summed E-state index contributed by atoms with van der Waals surface area (Å²) in [7, 11) is 0. The topological polar surface area (TPSA) is 80.3 Å². The number of Topliss-reactive ketones (excluding diaryl/α,β-unsaturated/α-hetero) is 1. The third kappa shape index (κ3) is 3.55. The minimum Gasteiger partial charge on any atom is -0.482 e. The molecule has 7 nitrogen and oxygen atoms in total. The normalized spacial score (nSPS) is 15.1. The molecule has 4 rings (SSSR count). The van der Waals surface area contributed by atoms with Crippen LogP contribution in [0.5, 0.6) is 23.0 Å². The second-order valence-corrected chi connectivity index (χ2v) is 5.97. The molecular weight excluding hydrogens is 364 g/mol. The summed E-state index contributed by atoms with van der Waals surface area (Å²) in [6.45, 7) is 3.52. The summed E-state index contributed by atoms with van der Waals surface area (Å²) in [4.78, 5) is 24.0. The smallest absolute Gasteiger partial charge is 0.344 e. The van der Waals surface area contributed by atoms with Gasteiger partial charge in [0, 0.05) is 6.07 Å².